The zero-order chi connectivity index (χ0) is 14.7. The van der Waals surface area contributed by atoms with Crippen molar-refractivity contribution in [3.63, 3.8) is 0 Å². The molecule has 0 bridgehead atoms. The van der Waals surface area contributed by atoms with Crippen molar-refractivity contribution in [1.29, 1.82) is 0 Å². The van der Waals surface area contributed by atoms with Crippen molar-refractivity contribution in [2.75, 3.05) is 31.1 Å². The topological polar surface area (TPSA) is 44.4 Å². The van der Waals surface area contributed by atoms with Gasteiger partial charge in [-0.3, -0.25) is 4.79 Å². The largest absolute Gasteiger partial charge is 0.371 e. The van der Waals surface area contributed by atoms with Crippen molar-refractivity contribution in [2.45, 2.75) is 38.1 Å². The van der Waals surface area contributed by atoms with Crippen LogP contribution in [0.5, 0.6) is 0 Å². The predicted molar refractivity (Wildman–Crippen MR) is 85.6 cm³/mol. The predicted octanol–water partition coefficient (Wildman–Crippen LogP) is 1.70. The number of anilines is 1. The Bertz CT molecular complexity index is 509. The summed E-state index contributed by atoms with van der Waals surface area (Å²) in [6.45, 7) is 5.84. The molecule has 0 aliphatic carbocycles. The first-order valence-electron chi connectivity index (χ1n) is 8.05. The number of para-hydroxylation sites is 1. The summed E-state index contributed by atoms with van der Waals surface area (Å²) in [4.78, 5) is 14.6. The van der Waals surface area contributed by atoms with Crippen molar-refractivity contribution < 1.29 is 4.79 Å². The number of fused-ring (bicyclic) bond motifs is 1. The first-order chi connectivity index (χ1) is 10.2. The molecule has 1 aromatic rings. The molecule has 2 aliphatic rings. The Labute approximate surface area is 126 Å². The molecule has 0 spiro atoms. The fourth-order valence-corrected chi connectivity index (χ4v) is 3.39. The van der Waals surface area contributed by atoms with Gasteiger partial charge < -0.3 is 15.5 Å². The number of nitrogens with zero attached hydrogens (tertiary/aromatic N) is 1. The molecule has 1 saturated heterocycles. The summed E-state index contributed by atoms with van der Waals surface area (Å²) in [7, 11) is 0. The summed E-state index contributed by atoms with van der Waals surface area (Å²) in [5, 5.41) is 6.39. The summed E-state index contributed by atoms with van der Waals surface area (Å²) in [5.41, 5.74) is 2.47. The van der Waals surface area contributed by atoms with E-state index in [1.165, 1.54) is 11.3 Å². The van der Waals surface area contributed by atoms with Gasteiger partial charge in [0.1, 0.15) is 0 Å². The van der Waals surface area contributed by atoms with Gasteiger partial charge in [-0.05, 0) is 50.8 Å². The van der Waals surface area contributed by atoms with Gasteiger partial charge in [0.15, 0.2) is 0 Å². The Morgan fingerprint density at radius 2 is 2.29 bits per heavy atom. The maximum atomic E-state index is 12.2. The molecule has 2 N–H and O–H groups in total. The maximum absolute atomic E-state index is 12.2. The van der Waals surface area contributed by atoms with Crippen LogP contribution in [0.4, 0.5) is 5.69 Å². The molecule has 21 heavy (non-hydrogen) atoms. The van der Waals surface area contributed by atoms with E-state index in [1.807, 2.05) is 6.92 Å². The van der Waals surface area contributed by atoms with Crippen molar-refractivity contribution in [3.8, 4) is 0 Å². The second-order valence-electron chi connectivity index (χ2n) is 6.34. The second-order valence-corrected chi connectivity index (χ2v) is 6.34. The first kappa shape index (κ1) is 14.4. The van der Waals surface area contributed by atoms with Gasteiger partial charge in [-0.1, -0.05) is 18.2 Å². The van der Waals surface area contributed by atoms with E-state index in [1.54, 1.807) is 0 Å². The van der Waals surface area contributed by atoms with E-state index in [4.69, 9.17) is 0 Å². The molecule has 114 valence electrons. The van der Waals surface area contributed by atoms with E-state index in [2.05, 4.69) is 39.8 Å². The number of nitrogens with one attached hydrogen (secondary N) is 2. The van der Waals surface area contributed by atoms with Gasteiger partial charge in [-0.2, -0.15) is 0 Å². The van der Waals surface area contributed by atoms with Crippen LogP contribution in [0.3, 0.4) is 0 Å². The van der Waals surface area contributed by atoms with Gasteiger partial charge in [-0.25, -0.2) is 0 Å². The van der Waals surface area contributed by atoms with Crippen LogP contribution in [0.15, 0.2) is 24.3 Å². The highest BCUT2D eigenvalue weighted by Crippen LogP contribution is 2.27. The third-order valence-electron chi connectivity index (χ3n) is 4.74. The molecule has 1 atom stereocenters. The van der Waals surface area contributed by atoms with Crippen molar-refractivity contribution in [2.24, 2.45) is 0 Å². The Kier molecular flexibility index (Phi) is 4.15. The molecule has 0 aromatic heterocycles. The quantitative estimate of drug-likeness (QED) is 0.810. The minimum Gasteiger partial charge on any atom is -0.371 e. The summed E-state index contributed by atoms with van der Waals surface area (Å²) in [5.74, 6) is 0.154. The zero-order valence-corrected chi connectivity index (χ0v) is 12.8. The normalized spacial score (nSPS) is 24.1. The maximum Gasteiger partial charge on any atom is 0.240 e. The number of carbonyl (C=O) groups excluding carboxylic acids is 1. The SMILES string of the molecule is CC1(C(=O)NCCCN2CCc3ccccc32)CCCN1. The van der Waals surface area contributed by atoms with E-state index >= 15 is 0 Å². The van der Waals surface area contributed by atoms with Crippen LogP contribution in [0, 0.1) is 0 Å². The molecule has 4 heteroatoms. The van der Waals surface area contributed by atoms with E-state index in [0.29, 0.717) is 0 Å². The van der Waals surface area contributed by atoms with E-state index < -0.39 is 0 Å². The molecule has 2 heterocycles. The summed E-state index contributed by atoms with van der Waals surface area (Å²) in [6.07, 6.45) is 4.17. The zero-order valence-electron chi connectivity index (χ0n) is 12.8. The summed E-state index contributed by atoms with van der Waals surface area (Å²) >= 11 is 0. The van der Waals surface area contributed by atoms with Crippen LogP contribution >= 0.6 is 0 Å². The molecule has 1 aromatic carbocycles. The van der Waals surface area contributed by atoms with Crippen molar-refractivity contribution in [1.82, 2.24) is 10.6 Å². The van der Waals surface area contributed by atoms with E-state index in [0.717, 1.165) is 51.9 Å². The Hall–Kier alpha value is -1.55. The third kappa shape index (κ3) is 3.05. The molecule has 1 fully saturated rings. The van der Waals surface area contributed by atoms with Crippen LogP contribution in [0.2, 0.25) is 0 Å². The molecule has 0 saturated carbocycles. The molecule has 2 aliphatic heterocycles. The number of carbonyl (C=O) groups is 1. The van der Waals surface area contributed by atoms with Crippen molar-refractivity contribution in [3.05, 3.63) is 29.8 Å². The average molecular weight is 287 g/mol. The minimum atomic E-state index is -0.347. The Morgan fingerprint density at radius 1 is 1.43 bits per heavy atom. The van der Waals surface area contributed by atoms with Gasteiger partial charge in [-0.15, -0.1) is 0 Å². The van der Waals surface area contributed by atoms with Gasteiger partial charge in [0.2, 0.25) is 5.91 Å². The average Bonchev–Trinajstić information content (AvgIpc) is 3.11. The fourth-order valence-electron chi connectivity index (χ4n) is 3.39. The molecular formula is C17H25N3O. The fraction of sp³-hybridized carbons (Fsp3) is 0.588. The summed E-state index contributed by atoms with van der Waals surface area (Å²) < 4.78 is 0. The molecule has 1 amide bonds. The van der Waals surface area contributed by atoms with Crippen LogP contribution in [0.1, 0.15) is 31.7 Å². The second kappa shape index (κ2) is 6.06. The lowest BCUT2D eigenvalue weighted by atomic mass is 9.99. The van der Waals surface area contributed by atoms with Crippen LogP contribution in [-0.2, 0) is 11.2 Å². The molecular weight excluding hydrogens is 262 g/mol. The number of hydrogen-bond donors (Lipinski definition) is 2. The minimum absolute atomic E-state index is 0.154. The highest BCUT2D eigenvalue weighted by Gasteiger charge is 2.35. The number of amides is 1. The van der Waals surface area contributed by atoms with Gasteiger partial charge in [0, 0.05) is 25.3 Å². The number of hydrogen-bond acceptors (Lipinski definition) is 3. The van der Waals surface area contributed by atoms with Crippen molar-refractivity contribution >= 4 is 11.6 Å². The van der Waals surface area contributed by atoms with Gasteiger partial charge in [0.25, 0.3) is 0 Å². The van der Waals surface area contributed by atoms with E-state index in [9.17, 15) is 4.79 Å². The van der Waals surface area contributed by atoms with Gasteiger partial charge in [0.05, 0.1) is 5.54 Å². The van der Waals surface area contributed by atoms with E-state index in [-0.39, 0.29) is 11.4 Å². The molecule has 3 rings (SSSR count). The smallest absolute Gasteiger partial charge is 0.240 e. The molecule has 4 nitrogen and oxygen atoms in total. The first-order valence-corrected chi connectivity index (χ1v) is 8.05. The van der Waals surface area contributed by atoms with Crippen LogP contribution < -0.4 is 15.5 Å². The molecule has 0 radical (unpaired) electrons. The highest BCUT2D eigenvalue weighted by molar-refractivity contribution is 5.86. The molecule has 1 unspecified atom stereocenters. The highest BCUT2D eigenvalue weighted by atomic mass is 16.2. The lowest BCUT2D eigenvalue weighted by molar-refractivity contribution is -0.126. The summed E-state index contributed by atoms with van der Waals surface area (Å²) in [6, 6.07) is 8.62. The lowest BCUT2D eigenvalue weighted by Crippen LogP contribution is -2.51. The Morgan fingerprint density at radius 3 is 3.10 bits per heavy atom. The lowest BCUT2D eigenvalue weighted by Gasteiger charge is -2.24. The van der Waals surface area contributed by atoms with Gasteiger partial charge >= 0.3 is 0 Å². The number of rotatable bonds is 5. The third-order valence-corrected chi connectivity index (χ3v) is 4.74. The number of benzene rings is 1. The Balaban J connectivity index is 1.42. The standard InChI is InChI=1S/C17H25N3O/c1-17(9-4-11-19-17)16(21)18-10-5-12-20-13-8-14-6-2-3-7-15(14)20/h2-3,6-7,19H,4-5,8-13H2,1H3,(H,18,21). The van der Waals surface area contributed by atoms with Crippen LogP contribution in [0.25, 0.3) is 0 Å². The monoisotopic (exact) mass is 287 g/mol. The van der Waals surface area contributed by atoms with Crippen LogP contribution in [-0.4, -0.2) is 37.6 Å².